The first kappa shape index (κ1) is 11.1. The van der Waals surface area contributed by atoms with E-state index in [9.17, 15) is 0 Å². The van der Waals surface area contributed by atoms with Crippen molar-refractivity contribution in [2.75, 3.05) is 0 Å². The Morgan fingerprint density at radius 3 is 3.06 bits per heavy atom. The van der Waals surface area contributed by atoms with Gasteiger partial charge in [0.1, 0.15) is 0 Å². The van der Waals surface area contributed by atoms with Crippen LogP contribution in [0.25, 0.3) is 0 Å². The Kier molecular flexibility index (Phi) is 2.81. The molecule has 0 radical (unpaired) electrons. The first-order valence-electron chi connectivity index (χ1n) is 6.23. The Morgan fingerprint density at radius 1 is 1.41 bits per heavy atom. The van der Waals surface area contributed by atoms with Crippen molar-refractivity contribution >= 4 is 11.3 Å². The van der Waals surface area contributed by atoms with Crippen LogP contribution in [-0.4, -0.2) is 4.57 Å². The second kappa shape index (κ2) is 4.31. The lowest BCUT2D eigenvalue weighted by atomic mass is 9.94. The van der Waals surface area contributed by atoms with Crippen LogP contribution >= 0.6 is 11.3 Å². The molecule has 0 aliphatic heterocycles. The number of hydrogen-bond acceptors (Lipinski definition) is 2. The molecule has 0 saturated heterocycles. The molecule has 2 N–H and O–H groups in total. The fraction of sp³-hybridized carbons (Fsp3) is 0.429. The van der Waals surface area contributed by atoms with E-state index in [2.05, 4.69) is 35.9 Å². The zero-order valence-corrected chi connectivity index (χ0v) is 11.0. The summed E-state index contributed by atoms with van der Waals surface area (Å²) < 4.78 is 2.37. The molecule has 1 unspecified atom stereocenters. The van der Waals surface area contributed by atoms with Gasteiger partial charge in [-0.2, -0.15) is 0 Å². The lowest BCUT2D eigenvalue weighted by Crippen LogP contribution is -2.18. The molecule has 0 bridgehead atoms. The highest BCUT2D eigenvalue weighted by molar-refractivity contribution is 7.11. The Labute approximate surface area is 106 Å². The minimum atomic E-state index is 0.255. The van der Waals surface area contributed by atoms with Gasteiger partial charge in [-0.05, 0) is 49.9 Å². The molecule has 0 amide bonds. The largest absolute Gasteiger partial charge is 0.346 e. The lowest BCUT2D eigenvalue weighted by Gasteiger charge is -2.20. The van der Waals surface area contributed by atoms with Crippen molar-refractivity contribution < 1.29 is 0 Å². The van der Waals surface area contributed by atoms with Crippen LogP contribution in [0.4, 0.5) is 0 Å². The molecule has 2 heterocycles. The predicted molar refractivity (Wildman–Crippen MR) is 72.5 cm³/mol. The summed E-state index contributed by atoms with van der Waals surface area (Å²) >= 11 is 1.89. The van der Waals surface area contributed by atoms with Crippen molar-refractivity contribution in [2.24, 2.45) is 5.73 Å². The van der Waals surface area contributed by atoms with E-state index in [1.54, 1.807) is 0 Å². The quantitative estimate of drug-likeness (QED) is 0.866. The molecule has 1 atom stereocenters. The monoisotopic (exact) mass is 246 g/mol. The van der Waals surface area contributed by atoms with Gasteiger partial charge in [-0.15, -0.1) is 11.3 Å². The second-order valence-corrected chi connectivity index (χ2v) is 6.23. The standard InChI is InChI=1S/C14H18N2S/c1-10-5-6-11(17-10)9-16-8-7-12-13(15)3-2-4-14(12)16/h5-8,13H,2-4,9,15H2,1H3. The molecular formula is C14H18N2S. The predicted octanol–water partition coefficient (Wildman–Crippen LogP) is 3.24. The van der Waals surface area contributed by atoms with Gasteiger partial charge in [0.05, 0.1) is 6.54 Å². The molecule has 0 spiro atoms. The van der Waals surface area contributed by atoms with E-state index in [0.29, 0.717) is 0 Å². The molecule has 2 aromatic rings. The highest BCUT2D eigenvalue weighted by Gasteiger charge is 2.20. The number of fused-ring (bicyclic) bond motifs is 1. The zero-order valence-electron chi connectivity index (χ0n) is 10.1. The molecular weight excluding hydrogens is 228 g/mol. The van der Waals surface area contributed by atoms with Crippen molar-refractivity contribution in [1.29, 1.82) is 0 Å². The van der Waals surface area contributed by atoms with E-state index < -0.39 is 0 Å². The third-order valence-corrected chi connectivity index (χ3v) is 4.55. The molecule has 3 heteroatoms. The normalized spacial score (nSPS) is 19.3. The molecule has 3 rings (SSSR count). The Morgan fingerprint density at radius 2 is 2.29 bits per heavy atom. The van der Waals surface area contributed by atoms with Gasteiger partial charge in [0.25, 0.3) is 0 Å². The molecule has 1 aliphatic carbocycles. The maximum Gasteiger partial charge on any atom is 0.0566 e. The summed E-state index contributed by atoms with van der Waals surface area (Å²) in [4.78, 5) is 2.82. The van der Waals surface area contributed by atoms with Crippen LogP contribution in [0.3, 0.4) is 0 Å². The average molecular weight is 246 g/mol. The average Bonchev–Trinajstić information content (AvgIpc) is 2.88. The zero-order chi connectivity index (χ0) is 11.8. The van der Waals surface area contributed by atoms with Crippen molar-refractivity contribution in [3.8, 4) is 0 Å². The number of aromatic nitrogens is 1. The molecule has 2 aromatic heterocycles. The summed E-state index contributed by atoms with van der Waals surface area (Å²) in [6.45, 7) is 3.16. The highest BCUT2D eigenvalue weighted by Crippen LogP contribution is 2.29. The maximum absolute atomic E-state index is 6.15. The first-order valence-corrected chi connectivity index (χ1v) is 7.04. The molecule has 0 saturated carbocycles. The van der Waals surface area contributed by atoms with Crippen LogP contribution in [0, 0.1) is 6.92 Å². The summed E-state index contributed by atoms with van der Waals surface area (Å²) in [6, 6.07) is 6.89. The summed E-state index contributed by atoms with van der Waals surface area (Å²) in [5.41, 5.74) is 8.97. The third-order valence-electron chi connectivity index (χ3n) is 3.56. The van der Waals surface area contributed by atoms with Crippen LogP contribution < -0.4 is 5.73 Å². The fourth-order valence-corrected chi connectivity index (χ4v) is 3.57. The number of nitrogens with zero attached hydrogens (tertiary/aromatic N) is 1. The van der Waals surface area contributed by atoms with Gasteiger partial charge >= 0.3 is 0 Å². The van der Waals surface area contributed by atoms with Gasteiger partial charge in [-0.25, -0.2) is 0 Å². The van der Waals surface area contributed by atoms with E-state index in [1.165, 1.54) is 33.9 Å². The van der Waals surface area contributed by atoms with Gasteiger partial charge in [0.15, 0.2) is 0 Å². The van der Waals surface area contributed by atoms with E-state index in [1.807, 2.05) is 11.3 Å². The van der Waals surface area contributed by atoms with Gasteiger partial charge in [0, 0.05) is 27.7 Å². The molecule has 2 nitrogen and oxygen atoms in total. The topological polar surface area (TPSA) is 30.9 Å². The number of thiophene rings is 1. The summed E-state index contributed by atoms with van der Waals surface area (Å²) in [5.74, 6) is 0. The van der Waals surface area contributed by atoms with E-state index >= 15 is 0 Å². The number of hydrogen-bond donors (Lipinski definition) is 1. The number of nitrogens with two attached hydrogens (primary N) is 1. The van der Waals surface area contributed by atoms with Crippen LogP contribution in [-0.2, 0) is 13.0 Å². The summed E-state index contributed by atoms with van der Waals surface area (Å²) in [7, 11) is 0. The smallest absolute Gasteiger partial charge is 0.0566 e. The second-order valence-electron chi connectivity index (χ2n) is 4.86. The Hall–Kier alpha value is -1.06. The van der Waals surface area contributed by atoms with Crippen molar-refractivity contribution in [1.82, 2.24) is 4.57 Å². The van der Waals surface area contributed by atoms with E-state index in [4.69, 9.17) is 5.73 Å². The molecule has 1 aliphatic rings. The first-order chi connectivity index (χ1) is 8.24. The molecule has 0 fully saturated rings. The third kappa shape index (κ3) is 2.05. The lowest BCUT2D eigenvalue weighted by molar-refractivity contribution is 0.548. The molecule has 90 valence electrons. The van der Waals surface area contributed by atoms with Crippen LogP contribution in [0.15, 0.2) is 24.4 Å². The summed E-state index contributed by atoms with van der Waals surface area (Å²) in [6.07, 6.45) is 5.74. The number of rotatable bonds is 2. The fourth-order valence-electron chi connectivity index (χ4n) is 2.68. The van der Waals surface area contributed by atoms with Crippen molar-refractivity contribution in [3.05, 3.63) is 45.4 Å². The van der Waals surface area contributed by atoms with E-state index in [-0.39, 0.29) is 6.04 Å². The Balaban J connectivity index is 1.89. The van der Waals surface area contributed by atoms with Gasteiger partial charge in [-0.1, -0.05) is 0 Å². The van der Waals surface area contributed by atoms with Gasteiger partial charge in [-0.3, -0.25) is 0 Å². The minimum absolute atomic E-state index is 0.255. The van der Waals surface area contributed by atoms with Crippen molar-refractivity contribution in [3.63, 3.8) is 0 Å². The van der Waals surface area contributed by atoms with Crippen LogP contribution in [0.2, 0.25) is 0 Å². The van der Waals surface area contributed by atoms with E-state index in [0.717, 1.165) is 13.0 Å². The summed E-state index contributed by atoms with van der Waals surface area (Å²) in [5, 5.41) is 0. The SMILES string of the molecule is Cc1ccc(Cn2ccc3c2CCCC3N)s1. The van der Waals surface area contributed by atoms with Crippen LogP contribution in [0.1, 0.15) is 39.9 Å². The molecule has 17 heavy (non-hydrogen) atoms. The van der Waals surface area contributed by atoms with Crippen molar-refractivity contribution in [2.45, 2.75) is 38.8 Å². The maximum atomic E-state index is 6.15. The number of aryl methyl sites for hydroxylation is 1. The minimum Gasteiger partial charge on any atom is -0.346 e. The van der Waals surface area contributed by atoms with Gasteiger partial charge < -0.3 is 10.3 Å². The highest BCUT2D eigenvalue weighted by atomic mass is 32.1. The van der Waals surface area contributed by atoms with Gasteiger partial charge in [0.2, 0.25) is 0 Å². The Bertz CT molecular complexity index is 524. The van der Waals surface area contributed by atoms with Crippen LogP contribution in [0.5, 0.6) is 0 Å². The molecule has 0 aromatic carbocycles.